The highest BCUT2D eigenvalue weighted by Crippen LogP contribution is 2.29. The van der Waals surface area contributed by atoms with Crippen LogP contribution in [-0.4, -0.2) is 19.9 Å². The molecule has 0 radical (unpaired) electrons. The van der Waals surface area contributed by atoms with Crippen molar-refractivity contribution >= 4 is 38.5 Å². The van der Waals surface area contributed by atoms with Crippen molar-refractivity contribution in [3.8, 4) is 0 Å². The number of hydrogen-bond acceptors (Lipinski definition) is 5. The van der Waals surface area contributed by atoms with Crippen LogP contribution in [-0.2, 0) is 10.0 Å². The fourth-order valence-corrected chi connectivity index (χ4v) is 5.56. The highest BCUT2D eigenvalue weighted by atomic mass is 32.2. The van der Waals surface area contributed by atoms with Gasteiger partial charge in [-0.15, -0.1) is 11.3 Å². The number of nitrogens with one attached hydrogen (secondary N) is 1. The van der Waals surface area contributed by atoms with Gasteiger partial charge in [0, 0.05) is 16.8 Å². The molecule has 3 aromatic rings. The van der Waals surface area contributed by atoms with Crippen LogP contribution in [0.1, 0.15) is 32.6 Å². The van der Waals surface area contributed by atoms with Gasteiger partial charge in [-0.2, -0.15) is 12.8 Å². The van der Waals surface area contributed by atoms with Crippen molar-refractivity contribution in [2.45, 2.75) is 25.0 Å². The van der Waals surface area contributed by atoms with Gasteiger partial charge in [-0.05, 0) is 49.4 Å². The molecule has 2 aromatic carbocycles. The first kappa shape index (κ1) is 20.3. The molecule has 1 aromatic heterocycles. The van der Waals surface area contributed by atoms with Gasteiger partial charge >= 0.3 is 0 Å². The molecule has 0 aliphatic heterocycles. The predicted molar refractivity (Wildman–Crippen MR) is 121 cm³/mol. The lowest BCUT2D eigenvalue weighted by Crippen LogP contribution is -2.23. The minimum Gasteiger partial charge on any atom is -0.352 e. The zero-order valence-electron chi connectivity index (χ0n) is 16.8. The second kappa shape index (κ2) is 7.66. The van der Waals surface area contributed by atoms with Gasteiger partial charge in [0.2, 0.25) is 5.78 Å². The highest BCUT2D eigenvalue weighted by molar-refractivity contribution is 7.92. The Morgan fingerprint density at radius 2 is 1.60 bits per heavy atom. The third kappa shape index (κ3) is 3.74. The summed E-state index contributed by atoms with van der Waals surface area (Å²) in [5.74, 6) is -0.197. The summed E-state index contributed by atoms with van der Waals surface area (Å²) >= 11 is 1.11. The topological polar surface area (TPSA) is 75.6 Å². The van der Waals surface area contributed by atoms with Crippen molar-refractivity contribution in [1.29, 1.82) is 0 Å². The van der Waals surface area contributed by atoms with E-state index in [4.69, 9.17) is 0 Å². The molecule has 0 saturated heterocycles. The zero-order valence-corrected chi connectivity index (χ0v) is 18.4. The van der Waals surface area contributed by atoms with Crippen LogP contribution in [0.5, 0.6) is 0 Å². The van der Waals surface area contributed by atoms with Crippen molar-refractivity contribution in [1.82, 2.24) is 0 Å². The highest BCUT2D eigenvalue weighted by Gasteiger charge is 2.27. The molecular formula is C23H20N2O3S2. The van der Waals surface area contributed by atoms with Gasteiger partial charge in [0.1, 0.15) is 4.21 Å². The molecule has 4 rings (SSSR count). The number of sulfonamides is 1. The van der Waals surface area contributed by atoms with Gasteiger partial charge in [0.15, 0.2) is 0 Å². The van der Waals surface area contributed by atoms with Gasteiger partial charge in [-0.3, -0.25) is 4.79 Å². The van der Waals surface area contributed by atoms with Crippen molar-refractivity contribution in [3.63, 3.8) is 0 Å². The Morgan fingerprint density at radius 3 is 2.23 bits per heavy atom. The number of aryl methyl sites for hydroxylation is 3. The largest absolute Gasteiger partial charge is 0.352 e. The second-order valence-corrected chi connectivity index (χ2v) is 9.99. The lowest BCUT2D eigenvalue weighted by Gasteiger charge is -2.21. The summed E-state index contributed by atoms with van der Waals surface area (Å²) in [6, 6.07) is 14.2. The number of hydrogen-bond donors (Lipinski definition) is 1. The Morgan fingerprint density at radius 1 is 0.933 bits per heavy atom. The van der Waals surface area contributed by atoms with Crippen LogP contribution in [0.4, 0.5) is 5.69 Å². The number of carbonyl (C=O) groups is 1. The first-order valence-electron chi connectivity index (χ1n) is 9.35. The molecule has 0 fully saturated rings. The minimum absolute atomic E-state index is 0.164. The summed E-state index contributed by atoms with van der Waals surface area (Å²) in [6.07, 6.45) is 1.52. The van der Waals surface area contributed by atoms with E-state index in [0.29, 0.717) is 16.8 Å². The molecule has 0 atom stereocenters. The van der Waals surface area contributed by atoms with Crippen LogP contribution >= 0.6 is 11.3 Å². The van der Waals surface area contributed by atoms with Crippen LogP contribution in [0.25, 0.3) is 0 Å². The SMILES string of the molecule is Cc1cc(C)c(NC2=C/C(=N/S(=O)(=O)c3cccs3)c3ccccc3C2=O)c(C)c1. The third-order valence-corrected chi connectivity index (χ3v) is 7.54. The number of benzene rings is 2. The molecule has 152 valence electrons. The number of fused-ring (bicyclic) bond motifs is 1. The van der Waals surface area contributed by atoms with Crippen LogP contribution in [0.15, 0.2) is 74.3 Å². The van der Waals surface area contributed by atoms with E-state index in [0.717, 1.165) is 33.7 Å². The van der Waals surface area contributed by atoms with E-state index in [1.165, 1.54) is 12.1 Å². The Balaban J connectivity index is 1.84. The standard InChI is InChI=1S/C23H20N2O3S2/c1-14-11-15(2)22(16(3)12-14)24-20-13-19(17-7-4-5-8-18(17)23(20)26)25-30(27,28)21-9-6-10-29-21/h4-13,24H,1-3H3/b25-19-. The quantitative estimate of drug-likeness (QED) is 0.621. The first-order chi connectivity index (χ1) is 14.3. The maximum Gasteiger partial charge on any atom is 0.292 e. The molecule has 0 bridgehead atoms. The summed E-state index contributed by atoms with van der Waals surface area (Å²) in [7, 11) is -3.87. The molecule has 5 nitrogen and oxygen atoms in total. The average molecular weight is 437 g/mol. The van der Waals surface area contributed by atoms with Crippen LogP contribution in [0.2, 0.25) is 0 Å². The van der Waals surface area contributed by atoms with Gasteiger partial charge in [-0.25, -0.2) is 0 Å². The van der Waals surface area contributed by atoms with Crippen LogP contribution in [0, 0.1) is 20.8 Å². The van der Waals surface area contributed by atoms with E-state index in [2.05, 4.69) is 9.71 Å². The predicted octanol–water partition coefficient (Wildman–Crippen LogP) is 5.04. The molecular weight excluding hydrogens is 416 g/mol. The van der Waals surface area contributed by atoms with E-state index in [1.54, 1.807) is 35.7 Å². The van der Waals surface area contributed by atoms with Crippen molar-refractivity contribution < 1.29 is 13.2 Å². The number of nitrogens with zero attached hydrogens (tertiary/aromatic N) is 1. The van der Waals surface area contributed by atoms with Gasteiger partial charge < -0.3 is 5.32 Å². The Bertz CT molecular complexity index is 1300. The Kier molecular flexibility index (Phi) is 5.17. The number of carbonyl (C=O) groups excluding carboxylic acids is 1. The molecule has 0 spiro atoms. The number of allylic oxidation sites excluding steroid dienone is 2. The Labute approximate surface area is 179 Å². The summed E-state index contributed by atoms with van der Waals surface area (Å²) < 4.78 is 29.7. The molecule has 0 saturated carbocycles. The summed E-state index contributed by atoms with van der Waals surface area (Å²) in [4.78, 5) is 13.1. The fourth-order valence-electron chi connectivity index (χ4n) is 3.59. The first-order valence-corrected chi connectivity index (χ1v) is 11.7. The van der Waals surface area contributed by atoms with Gasteiger partial charge in [-0.1, -0.05) is 48.0 Å². The summed E-state index contributed by atoms with van der Waals surface area (Å²) in [6.45, 7) is 5.96. The third-order valence-electron chi connectivity index (χ3n) is 4.88. The Hall–Kier alpha value is -3.03. The average Bonchev–Trinajstić information content (AvgIpc) is 3.23. The number of anilines is 1. The van der Waals surface area contributed by atoms with Crippen LogP contribution < -0.4 is 5.32 Å². The van der Waals surface area contributed by atoms with E-state index in [-0.39, 0.29) is 15.7 Å². The van der Waals surface area contributed by atoms with E-state index < -0.39 is 10.0 Å². The van der Waals surface area contributed by atoms with Gasteiger partial charge in [0.25, 0.3) is 10.0 Å². The van der Waals surface area contributed by atoms with Crippen LogP contribution in [0.3, 0.4) is 0 Å². The molecule has 7 heteroatoms. The monoisotopic (exact) mass is 436 g/mol. The van der Waals surface area contributed by atoms with Crippen molar-refractivity contribution in [2.75, 3.05) is 5.32 Å². The van der Waals surface area contributed by atoms with E-state index in [1.807, 2.05) is 32.9 Å². The molecule has 0 amide bonds. The van der Waals surface area contributed by atoms with Crippen molar-refractivity contribution in [2.24, 2.45) is 4.40 Å². The summed E-state index contributed by atoms with van der Waals surface area (Å²) in [5, 5.41) is 4.92. The van der Waals surface area contributed by atoms with Gasteiger partial charge in [0.05, 0.1) is 11.4 Å². The number of ketones is 1. The maximum atomic E-state index is 13.1. The molecule has 1 aliphatic rings. The molecule has 30 heavy (non-hydrogen) atoms. The van der Waals surface area contributed by atoms with E-state index >= 15 is 0 Å². The number of Topliss-reactive ketones (excluding diaryl/α,β-unsaturated/α-hetero) is 1. The zero-order chi connectivity index (χ0) is 21.5. The smallest absolute Gasteiger partial charge is 0.292 e. The number of rotatable bonds is 4. The molecule has 1 heterocycles. The lowest BCUT2D eigenvalue weighted by atomic mass is 9.92. The minimum atomic E-state index is -3.87. The lowest BCUT2D eigenvalue weighted by molar-refractivity contribution is 0.103. The van der Waals surface area contributed by atoms with Crippen molar-refractivity contribution in [3.05, 3.63) is 93.5 Å². The van der Waals surface area contributed by atoms with E-state index in [9.17, 15) is 13.2 Å². The summed E-state index contributed by atoms with van der Waals surface area (Å²) in [5.41, 5.74) is 5.44. The molecule has 0 unspecified atom stereocenters. The maximum absolute atomic E-state index is 13.1. The second-order valence-electron chi connectivity index (χ2n) is 7.22. The normalized spacial score (nSPS) is 15.1. The number of thiophene rings is 1. The molecule has 1 aliphatic carbocycles. The molecule has 1 N–H and O–H groups in total. The fraction of sp³-hybridized carbons (Fsp3) is 0.130.